The topological polar surface area (TPSA) is 50.7 Å². The first-order valence-corrected chi connectivity index (χ1v) is 19.0. The fraction of sp³-hybridized carbons (Fsp3) is 0.160. The summed E-state index contributed by atoms with van der Waals surface area (Å²) in [6, 6.07) is 33.8. The molecule has 0 spiro atoms. The summed E-state index contributed by atoms with van der Waals surface area (Å²) >= 11 is 4.21. The van der Waals surface area contributed by atoms with Crippen molar-refractivity contribution in [3.63, 3.8) is 0 Å². The number of hydrogen-bond donors (Lipinski definition) is 2. The van der Waals surface area contributed by atoms with Crippen LogP contribution in [0.3, 0.4) is 0 Å². The van der Waals surface area contributed by atoms with E-state index in [1.165, 1.54) is 5.56 Å². The lowest BCUT2D eigenvalue weighted by Crippen LogP contribution is -2.05. The molecule has 0 heterocycles. The molecule has 0 atom stereocenters. The third-order valence-electron chi connectivity index (χ3n) is 7.99. The largest absolute Gasteiger partial charge is 0.404 e. The molecule has 0 bridgehead atoms. The first-order valence-electron chi connectivity index (χ1n) is 18.5. The van der Waals surface area contributed by atoms with Gasteiger partial charge in [-0.25, -0.2) is 4.99 Å². The lowest BCUT2D eigenvalue weighted by Gasteiger charge is -2.14. The van der Waals surface area contributed by atoms with E-state index in [0.717, 1.165) is 68.6 Å². The molecule has 0 saturated heterocycles. The van der Waals surface area contributed by atoms with Crippen LogP contribution in [-0.4, -0.2) is 11.5 Å². The van der Waals surface area contributed by atoms with Crippen molar-refractivity contribution >= 4 is 35.3 Å². The second-order valence-electron chi connectivity index (χ2n) is 11.7. The van der Waals surface area contributed by atoms with E-state index in [2.05, 4.69) is 131 Å². The lowest BCUT2D eigenvalue weighted by molar-refractivity contribution is 1.06. The zero-order valence-electron chi connectivity index (χ0n) is 32.8. The molecule has 278 valence electrons. The highest BCUT2D eigenvalue weighted by atomic mass is 32.1. The minimum atomic E-state index is 0.544. The van der Waals surface area contributed by atoms with Gasteiger partial charge >= 0.3 is 0 Å². The Bertz CT molecular complexity index is 1990. The summed E-state index contributed by atoms with van der Waals surface area (Å²) in [4.78, 5) is 10.2. The van der Waals surface area contributed by atoms with Crippen molar-refractivity contribution in [1.29, 1.82) is 0 Å². The molecule has 0 radical (unpaired) electrons. The van der Waals surface area contributed by atoms with E-state index in [1.54, 1.807) is 11.6 Å². The van der Waals surface area contributed by atoms with E-state index in [1.807, 2.05) is 87.5 Å². The Labute approximate surface area is 331 Å². The Morgan fingerprint density at radius 2 is 1.37 bits per heavy atom. The number of nitrogens with two attached hydrogens (primary N) is 1. The van der Waals surface area contributed by atoms with E-state index in [9.17, 15) is 0 Å². The summed E-state index contributed by atoms with van der Waals surface area (Å²) in [6.45, 7) is 20.9. The molecule has 4 rings (SSSR count). The van der Waals surface area contributed by atoms with Crippen LogP contribution in [0.15, 0.2) is 193 Å². The minimum absolute atomic E-state index is 0.544. The molecule has 4 aromatic rings. The number of thiol groups is 1. The van der Waals surface area contributed by atoms with E-state index < -0.39 is 0 Å². The van der Waals surface area contributed by atoms with Crippen LogP contribution in [-0.2, 0) is 13.0 Å². The van der Waals surface area contributed by atoms with E-state index >= 15 is 0 Å². The van der Waals surface area contributed by atoms with Gasteiger partial charge < -0.3 is 5.73 Å². The fourth-order valence-corrected chi connectivity index (χ4v) is 5.47. The van der Waals surface area contributed by atoms with Gasteiger partial charge in [-0.3, -0.25) is 4.99 Å². The average Bonchev–Trinajstić information content (AvgIpc) is 3.23. The number of aliphatic imine (C=N–C) groups is 2. The second kappa shape index (κ2) is 26.1. The van der Waals surface area contributed by atoms with Crippen LogP contribution >= 0.6 is 12.6 Å². The highest BCUT2D eigenvalue weighted by Gasteiger charge is 2.12. The number of allylic oxidation sites excluding steroid dienone is 11. The van der Waals surface area contributed by atoms with E-state index in [4.69, 9.17) is 15.7 Å². The Morgan fingerprint density at radius 3 is 1.98 bits per heavy atom. The number of benzene rings is 4. The van der Waals surface area contributed by atoms with Crippen LogP contribution in [0.25, 0.3) is 22.3 Å². The Hall–Kier alpha value is -5.71. The molecule has 4 aromatic carbocycles. The van der Waals surface area contributed by atoms with Gasteiger partial charge in [0.05, 0.1) is 6.54 Å². The first-order chi connectivity index (χ1) is 26.5. The summed E-state index contributed by atoms with van der Waals surface area (Å²) in [5.41, 5.74) is 17.6. The van der Waals surface area contributed by atoms with Crippen molar-refractivity contribution in [1.82, 2.24) is 0 Å². The van der Waals surface area contributed by atoms with Gasteiger partial charge in [0.2, 0.25) is 0 Å². The standard InChI is InChI=1S/C46H47N3S.C2H6.C2H4/c1-5-8-22-38(7-3)43-30-44(40(33-47)23-9-6-2)32-45(31-43)42-28-37(21-15-12-18-26-50)27-41(29-42)35(4)49-46(39-24-16-11-17-25-39)48-34-36-19-13-10-14-20-36;2*1-2/h5,7-20,22-33,50H,3,6,21,34,47H2,1-2,4H3;1-2H3;1-2H2/b8-5-,15-12-,23-9-,26-18-,38-22+,40-33+,48-46?,49-35?;;. The molecular formula is C50H57N3S. The van der Waals surface area contributed by atoms with Crippen LogP contribution in [0.4, 0.5) is 0 Å². The van der Waals surface area contributed by atoms with Crippen LogP contribution in [0.5, 0.6) is 0 Å². The van der Waals surface area contributed by atoms with Crippen molar-refractivity contribution < 1.29 is 0 Å². The second-order valence-corrected chi connectivity index (χ2v) is 12.0. The lowest BCUT2D eigenvalue weighted by atomic mass is 9.90. The maximum Gasteiger partial charge on any atom is 0.155 e. The van der Waals surface area contributed by atoms with Gasteiger partial charge in [-0.15, -0.1) is 13.2 Å². The Morgan fingerprint density at radius 1 is 0.741 bits per heavy atom. The molecule has 0 aliphatic carbocycles. The minimum Gasteiger partial charge on any atom is -0.404 e. The highest BCUT2D eigenvalue weighted by Crippen LogP contribution is 2.32. The quantitative estimate of drug-likeness (QED) is 0.0438. The molecule has 0 aliphatic rings. The number of nitrogens with zero attached hydrogens (tertiary/aromatic N) is 2. The molecular weight excluding hydrogens is 675 g/mol. The van der Waals surface area contributed by atoms with Crippen LogP contribution in [0.2, 0.25) is 0 Å². The predicted octanol–water partition coefficient (Wildman–Crippen LogP) is 13.6. The average molecular weight is 732 g/mol. The number of hydrogen-bond acceptors (Lipinski definition) is 3. The van der Waals surface area contributed by atoms with Crippen LogP contribution < -0.4 is 5.73 Å². The van der Waals surface area contributed by atoms with Gasteiger partial charge in [0, 0.05) is 17.5 Å². The Balaban J connectivity index is 0.00000244. The van der Waals surface area contributed by atoms with Gasteiger partial charge in [-0.1, -0.05) is 149 Å². The van der Waals surface area contributed by atoms with E-state index in [0.29, 0.717) is 12.4 Å². The molecule has 0 aliphatic heterocycles. The first kappa shape index (κ1) is 44.5. The monoisotopic (exact) mass is 731 g/mol. The van der Waals surface area contributed by atoms with Crippen molar-refractivity contribution in [3.05, 3.63) is 216 Å². The van der Waals surface area contributed by atoms with Gasteiger partial charge in [-0.05, 0) is 113 Å². The SMILES string of the molecule is C=C.C=C/C(=C\C=C/C)c1cc(C(/C=C\CC)=C/N)cc(-c2cc(C/C=C\C=C/S)cc(C(C)=NC(=NCc3ccccc3)c3ccccc3)c2)c1.CC. The number of rotatable bonds is 14. The summed E-state index contributed by atoms with van der Waals surface area (Å²) in [5.74, 6) is 0.701. The zero-order valence-corrected chi connectivity index (χ0v) is 33.6. The fourth-order valence-electron chi connectivity index (χ4n) is 5.37. The summed E-state index contributed by atoms with van der Waals surface area (Å²) in [5, 5.41) is 1.73. The molecule has 2 N–H and O–H groups in total. The van der Waals surface area contributed by atoms with Gasteiger partial charge in [-0.2, -0.15) is 12.6 Å². The molecule has 0 amide bonds. The van der Waals surface area contributed by atoms with Crippen molar-refractivity contribution in [2.24, 2.45) is 15.7 Å². The zero-order chi connectivity index (χ0) is 39.6. The van der Waals surface area contributed by atoms with Crippen molar-refractivity contribution in [2.75, 3.05) is 0 Å². The molecule has 4 heteroatoms. The molecule has 3 nitrogen and oxygen atoms in total. The van der Waals surface area contributed by atoms with Gasteiger partial charge in [0.1, 0.15) is 0 Å². The molecule has 0 aromatic heterocycles. The van der Waals surface area contributed by atoms with Crippen LogP contribution in [0.1, 0.15) is 74.4 Å². The molecule has 0 unspecified atom stereocenters. The van der Waals surface area contributed by atoms with Crippen LogP contribution in [0, 0.1) is 0 Å². The third kappa shape index (κ3) is 14.4. The summed E-state index contributed by atoms with van der Waals surface area (Å²) in [7, 11) is 0. The molecule has 54 heavy (non-hydrogen) atoms. The summed E-state index contributed by atoms with van der Waals surface area (Å²) < 4.78 is 0. The number of amidine groups is 1. The van der Waals surface area contributed by atoms with Crippen molar-refractivity contribution in [3.8, 4) is 11.1 Å². The van der Waals surface area contributed by atoms with Gasteiger partial charge in [0.25, 0.3) is 0 Å². The van der Waals surface area contributed by atoms with E-state index in [-0.39, 0.29) is 0 Å². The summed E-state index contributed by atoms with van der Waals surface area (Å²) in [6.07, 6.45) is 21.7. The molecule has 0 fully saturated rings. The van der Waals surface area contributed by atoms with Crippen molar-refractivity contribution in [2.45, 2.75) is 54.0 Å². The Kier molecular flexibility index (Phi) is 21.5. The molecule has 0 saturated carbocycles. The highest BCUT2D eigenvalue weighted by molar-refractivity contribution is 7.83. The smallest absolute Gasteiger partial charge is 0.155 e. The maximum absolute atomic E-state index is 6.19. The third-order valence-corrected chi connectivity index (χ3v) is 8.16. The normalized spacial score (nSPS) is 12.6. The predicted molar refractivity (Wildman–Crippen MR) is 245 cm³/mol. The van der Waals surface area contributed by atoms with Gasteiger partial charge in [0.15, 0.2) is 5.84 Å². The maximum atomic E-state index is 6.19.